The number of hydrogen-bond donors (Lipinski definition) is 1. The van der Waals surface area contributed by atoms with Crippen LogP contribution in [0.1, 0.15) is 30.6 Å². The quantitative estimate of drug-likeness (QED) is 0.921. The van der Waals surface area contributed by atoms with Crippen LogP contribution in [0, 0.1) is 0 Å². The topological polar surface area (TPSA) is 53.0 Å². The van der Waals surface area contributed by atoms with Crippen LogP contribution in [0.2, 0.25) is 0 Å². The molecule has 116 valence electrons. The maximum absolute atomic E-state index is 12.5. The monoisotopic (exact) mass is 292 g/mol. The number of hydrogen-bond acceptors (Lipinski definition) is 4. The van der Waals surface area contributed by atoms with Gasteiger partial charge in [0.15, 0.2) is 0 Å². The van der Waals surface area contributed by atoms with E-state index in [-0.39, 0.29) is 11.7 Å². The lowest BCUT2D eigenvalue weighted by Gasteiger charge is -2.37. The molecule has 1 unspecified atom stereocenters. The van der Waals surface area contributed by atoms with Gasteiger partial charge in [0.25, 0.3) is 5.91 Å². The molecule has 0 radical (unpaired) electrons. The molecule has 1 amide bonds. The third kappa shape index (κ3) is 3.47. The third-order valence-corrected chi connectivity index (χ3v) is 4.25. The molecule has 1 aromatic rings. The normalized spacial score (nSPS) is 17.6. The molecule has 1 aliphatic rings. The number of rotatable bonds is 4. The second-order valence-electron chi connectivity index (χ2n) is 5.47. The van der Waals surface area contributed by atoms with Crippen LogP contribution in [0.3, 0.4) is 0 Å². The van der Waals surface area contributed by atoms with E-state index < -0.39 is 0 Å². The second-order valence-corrected chi connectivity index (χ2v) is 5.47. The van der Waals surface area contributed by atoms with E-state index in [2.05, 4.69) is 18.7 Å². The summed E-state index contributed by atoms with van der Waals surface area (Å²) in [7, 11) is 1.53. The maximum Gasteiger partial charge on any atom is 0.257 e. The Hall–Kier alpha value is -1.75. The second kappa shape index (κ2) is 6.80. The van der Waals surface area contributed by atoms with Gasteiger partial charge in [-0.1, -0.05) is 6.92 Å². The fourth-order valence-electron chi connectivity index (χ4n) is 2.61. The van der Waals surface area contributed by atoms with Crippen LogP contribution in [0.4, 0.5) is 0 Å². The van der Waals surface area contributed by atoms with Crippen LogP contribution in [-0.4, -0.2) is 60.1 Å². The highest BCUT2D eigenvalue weighted by Gasteiger charge is 2.25. The maximum atomic E-state index is 12.5. The Kier molecular flexibility index (Phi) is 5.07. The predicted molar refractivity (Wildman–Crippen MR) is 81.9 cm³/mol. The summed E-state index contributed by atoms with van der Waals surface area (Å²) < 4.78 is 5.04. The first-order valence-corrected chi connectivity index (χ1v) is 7.47. The number of aromatic hydroxyl groups is 1. The number of nitrogens with zero attached hydrogens (tertiary/aromatic N) is 2. The molecule has 5 heteroatoms. The van der Waals surface area contributed by atoms with E-state index in [0.29, 0.717) is 30.4 Å². The van der Waals surface area contributed by atoms with E-state index in [1.807, 2.05) is 0 Å². The fraction of sp³-hybridized carbons (Fsp3) is 0.562. The van der Waals surface area contributed by atoms with Crippen LogP contribution in [0.25, 0.3) is 0 Å². The van der Waals surface area contributed by atoms with Crippen molar-refractivity contribution in [3.8, 4) is 11.5 Å². The first-order valence-electron chi connectivity index (χ1n) is 7.47. The molecule has 0 aliphatic carbocycles. The van der Waals surface area contributed by atoms with E-state index >= 15 is 0 Å². The van der Waals surface area contributed by atoms with Crippen molar-refractivity contribution in [3.05, 3.63) is 23.8 Å². The van der Waals surface area contributed by atoms with Crippen LogP contribution < -0.4 is 4.74 Å². The molecule has 1 N–H and O–H groups in total. The molecular formula is C16H24N2O3. The van der Waals surface area contributed by atoms with Crippen LogP contribution in [-0.2, 0) is 0 Å². The molecule has 0 aromatic heterocycles. The molecule has 1 fully saturated rings. The largest absolute Gasteiger partial charge is 0.507 e. The van der Waals surface area contributed by atoms with Gasteiger partial charge >= 0.3 is 0 Å². The molecule has 1 aliphatic heterocycles. The summed E-state index contributed by atoms with van der Waals surface area (Å²) in [4.78, 5) is 16.7. The van der Waals surface area contributed by atoms with Gasteiger partial charge in [-0.3, -0.25) is 9.69 Å². The average Bonchev–Trinajstić information content (AvgIpc) is 2.53. The minimum Gasteiger partial charge on any atom is -0.507 e. The van der Waals surface area contributed by atoms with Gasteiger partial charge < -0.3 is 14.7 Å². The number of phenolic OH excluding ortho intramolecular Hbond substituents is 1. The lowest BCUT2D eigenvalue weighted by Crippen LogP contribution is -2.51. The zero-order chi connectivity index (χ0) is 15.4. The van der Waals surface area contributed by atoms with Gasteiger partial charge in [0.05, 0.1) is 12.7 Å². The van der Waals surface area contributed by atoms with E-state index in [9.17, 15) is 9.90 Å². The lowest BCUT2D eigenvalue weighted by molar-refractivity contribution is 0.0577. The summed E-state index contributed by atoms with van der Waals surface area (Å²) in [6, 6.07) is 5.35. The number of amides is 1. The molecule has 1 heterocycles. The van der Waals surface area contributed by atoms with Crippen LogP contribution in [0.5, 0.6) is 11.5 Å². The highest BCUT2D eigenvalue weighted by atomic mass is 16.5. The average molecular weight is 292 g/mol. The molecule has 0 bridgehead atoms. The van der Waals surface area contributed by atoms with Crippen molar-refractivity contribution >= 4 is 5.91 Å². The summed E-state index contributed by atoms with van der Waals surface area (Å²) in [6.45, 7) is 7.57. The zero-order valence-electron chi connectivity index (χ0n) is 13.0. The third-order valence-electron chi connectivity index (χ3n) is 4.25. The van der Waals surface area contributed by atoms with Crippen LogP contribution in [0.15, 0.2) is 18.2 Å². The Balaban J connectivity index is 2.02. The summed E-state index contributed by atoms with van der Waals surface area (Å²) in [5.74, 6) is 0.410. The van der Waals surface area contributed by atoms with Crippen LogP contribution >= 0.6 is 0 Å². The number of carbonyl (C=O) groups excluding carboxylic acids is 1. The Bertz CT molecular complexity index is 496. The van der Waals surface area contributed by atoms with Crippen molar-refractivity contribution in [1.29, 1.82) is 0 Å². The number of methoxy groups -OCH3 is 1. The lowest BCUT2D eigenvalue weighted by atomic mass is 10.1. The Morgan fingerprint density at radius 2 is 2.00 bits per heavy atom. The molecule has 1 aromatic carbocycles. The number of ether oxygens (including phenoxy) is 1. The van der Waals surface area contributed by atoms with Gasteiger partial charge in [0.1, 0.15) is 11.5 Å². The van der Waals surface area contributed by atoms with Crippen molar-refractivity contribution in [2.24, 2.45) is 0 Å². The number of piperazine rings is 1. The van der Waals surface area contributed by atoms with E-state index in [0.717, 1.165) is 19.5 Å². The molecule has 2 rings (SSSR count). The highest BCUT2D eigenvalue weighted by molar-refractivity contribution is 5.97. The van der Waals surface area contributed by atoms with Crippen molar-refractivity contribution in [2.75, 3.05) is 33.3 Å². The van der Waals surface area contributed by atoms with Gasteiger partial charge in [-0.25, -0.2) is 0 Å². The SMILES string of the molecule is CCC(C)N1CCN(C(=O)c2ccc(OC)cc2O)CC1. The summed E-state index contributed by atoms with van der Waals surface area (Å²) in [5.41, 5.74) is 0.341. The van der Waals surface area contributed by atoms with E-state index in [1.54, 1.807) is 17.0 Å². The summed E-state index contributed by atoms with van der Waals surface area (Å²) >= 11 is 0. The van der Waals surface area contributed by atoms with Gasteiger partial charge in [0.2, 0.25) is 0 Å². The first-order chi connectivity index (χ1) is 10.1. The molecule has 21 heavy (non-hydrogen) atoms. The van der Waals surface area contributed by atoms with Gasteiger partial charge in [0, 0.05) is 38.3 Å². The molecule has 1 saturated heterocycles. The highest BCUT2D eigenvalue weighted by Crippen LogP contribution is 2.25. The molecule has 0 saturated carbocycles. The van der Waals surface area contributed by atoms with Crippen molar-refractivity contribution in [3.63, 3.8) is 0 Å². The molecule has 1 atom stereocenters. The first kappa shape index (κ1) is 15.6. The smallest absolute Gasteiger partial charge is 0.257 e. The molecule has 5 nitrogen and oxygen atoms in total. The number of carbonyl (C=O) groups is 1. The Labute approximate surface area is 126 Å². The van der Waals surface area contributed by atoms with Gasteiger partial charge in [-0.05, 0) is 25.5 Å². The summed E-state index contributed by atoms with van der Waals surface area (Å²) in [6.07, 6.45) is 1.12. The minimum absolute atomic E-state index is 0.0243. The standard InChI is InChI=1S/C16H24N2O3/c1-4-12(2)17-7-9-18(10-8-17)16(20)14-6-5-13(21-3)11-15(14)19/h5-6,11-12,19H,4,7-10H2,1-3H3. The van der Waals surface area contributed by atoms with Crippen molar-refractivity contribution in [2.45, 2.75) is 26.3 Å². The summed E-state index contributed by atoms with van der Waals surface area (Å²) in [5, 5.41) is 9.96. The minimum atomic E-state index is -0.112. The Morgan fingerprint density at radius 3 is 2.52 bits per heavy atom. The van der Waals surface area contributed by atoms with Gasteiger partial charge in [-0.2, -0.15) is 0 Å². The van der Waals surface area contributed by atoms with Gasteiger partial charge in [-0.15, -0.1) is 0 Å². The van der Waals surface area contributed by atoms with E-state index in [1.165, 1.54) is 13.2 Å². The van der Waals surface area contributed by atoms with Crippen molar-refractivity contribution in [1.82, 2.24) is 9.80 Å². The number of benzene rings is 1. The zero-order valence-corrected chi connectivity index (χ0v) is 13.0. The number of phenols is 1. The molecular weight excluding hydrogens is 268 g/mol. The fourth-order valence-corrected chi connectivity index (χ4v) is 2.61. The van der Waals surface area contributed by atoms with E-state index in [4.69, 9.17) is 4.74 Å². The predicted octanol–water partition coefficient (Wildman–Crippen LogP) is 1.96. The van der Waals surface area contributed by atoms with Crippen molar-refractivity contribution < 1.29 is 14.6 Å². The Morgan fingerprint density at radius 1 is 1.33 bits per heavy atom. The molecule has 0 spiro atoms.